The number of hydrogen-bond donors (Lipinski definition) is 2. The molecule has 0 fully saturated rings. The number of hydrogen-bond acceptors (Lipinski definition) is 7. The zero-order chi connectivity index (χ0) is 22.2. The molecule has 2 atom stereocenters. The van der Waals surface area contributed by atoms with E-state index >= 15 is 0 Å². The summed E-state index contributed by atoms with van der Waals surface area (Å²) in [6.45, 7) is 4.41. The van der Waals surface area contributed by atoms with Gasteiger partial charge in [-0.05, 0) is 45.7 Å². The number of carbonyl (C=O) groups excluding carboxylic acids is 1. The molecule has 0 saturated carbocycles. The van der Waals surface area contributed by atoms with Crippen molar-refractivity contribution >= 4 is 27.8 Å². The second-order valence-corrected chi connectivity index (χ2v) is 10.4. The highest BCUT2D eigenvalue weighted by molar-refractivity contribution is 7.92. The number of nitrogen functional groups attached to an aromatic ring is 1. The molecule has 0 radical (unpaired) electrons. The number of fused-ring (bicyclic) bond motifs is 1. The molecule has 0 aromatic carbocycles. The summed E-state index contributed by atoms with van der Waals surface area (Å²) in [7, 11) is -3.23. The van der Waals surface area contributed by atoms with Crippen molar-refractivity contribution in [1.82, 2.24) is 14.6 Å². The zero-order valence-corrected chi connectivity index (χ0v) is 18.0. The third kappa shape index (κ3) is 4.47. The number of amides is 1. The summed E-state index contributed by atoms with van der Waals surface area (Å²) in [5, 5.41) is 2.45. The van der Waals surface area contributed by atoms with Crippen LogP contribution in [-0.2, 0) is 20.2 Å². The summed E-state index contributed by atoms with van der Waals surface area (Å²) in [6, 6.07) is 2.29. The van der Waals surface area contributed by atoms with Gasteiger partial charge in [0, 0.05) is 6.54 Å². The maximum atomic E-state index is 14.6. The van der Waals surface area contributed by atoms with Crippen molar-refractivity contribution in [1.29, 1.82) is 0 Å². The molecule has 3 rings (SSSR count). The van der Waals surface area contributed by atoms with Gasteiger partial charge in [-0.25, -0.2) is 32.1 Å². The van der Waals surface area contributed by atoms with E-state index in [-0.39, 0.29) is 24.0 Å². The largest absolute Gasteiger partial charge is 0.444 e. The predicted octanol–water partition coefficient (Wildman–Crippen LogP) is 2.34. The summed E-state index contributed by atoms with van der Waals surface area (Å²) < 4.78 is 53.7. The summed E-state index contributed by atoms with van der Waals surface area (Å²) in [6.07, 6.45) is 0.451. The van der Waals surface area contributed by atoms with Gasteiger partial charge < -0.3 is 10.5 Å². The van der Waals surface area contributed by atoms with E-state index in [0.717, 1.165) is 6.07 Å². The SMILES string of the molecule is CC(C)(C)OC(=O)NC1=N[C@](CF)(c2nc(N)ccc2F)CS2(=O)=NCCCCN12. The van der Waals surface area contributed by atoms with Crippen LogP contribution in [0.1, 0.15) is 39.3 Å². The predicted molar refractivity (Wildman–Crippen MR) is 109 cm³/mol. The van der Waals surface area contributed by atoms with Gasteiger partial charge in [-0.15, -0.1) is 0 Å². The number of nitrogens with one attached hydrogen (secondary N) is 1. The highest BCUT2D eigenvalue weighted by atomic mass is 32.2. The molecule has 0 aliphatic carbocycles. The standard InChI is InChI=1S/C18H26F2N6O3S/c1-17(2,3)29-16(27)24-15-25-18(10-19,14-12(20)6-7-13(21)23-14)11-30(28)22-8-4-5-9-26(15)30/h6-7H,4-5,8-11H2,1-3H3,(H2,21,23)(H,24,25,27)/t18-,30?/m0/s1. The van der Waals surface area contributed by atoms with Crippen LogP contribution < -0.4 is 11.1 Å². The lowest BCUT2D eigenvalue weighted by Gasteiger charge is -2.39. The lowest BCUT2D eigenvalue weighted by Crippen LogP contribution is -2.57. The lowest BCUT2D eigenvalue weighted by atomic mass is 9.98. The van der Waals surface area contributed by atoms with Gasteiger partial charge >= 0.3 is 6.09 Å². The number of anilines is 1. The Hall–Kier alpha value is -2.50. The molecule has 2 aliphatic heterocycles. The van der Waals surface area contributed by atoms with Crippen molar-refractivity contribution in [2.24, 2.45) is 9.36 Å². The van der Waals surface area contributed by atoms with Gasteiger partial charge in [0.2, 0.25) is 5.96 Å². The average Bonchev–Trinajstić information content (AvgIpc) is 2.83. The normalized spacial score (nSPS) is 26.7. The number of rotatable bonds is 2. The smallest absolute Gasteiger partial charge is 0.414 e. The van der Waals surface area contributed by atoms with Gasteiger partial charge in [0.1, 0.15) is 39.5 Å². The summed E-state index contributed by atoms with van der Waals surface area (Å²) in [4.78, 5) is 20.6. The second-order valence-electron chi connectivity index (χ2n) is 8.21. The van der Waals surface area contributed by atoms with E-state index in [9.17, 15) is 17.8 Å². The molecule has 9 nitrogen and oxygen atoms in total. The number of alkyl halides is 1. The Kier molecular flexibility index (Phi) is 5.89. The van der Waals surface area contributed by atoms with E-state index in [0.29, 0.717) is 19.4 Å². The lowest BCUT2D eigenvalue weighted by molar-refractivity contribution is 0.0558. The first-order chi connectivity index (χ1) is 14.0. The molecule has 0 saturated heterocycles. The van der Waals surface area contributed by atoms with Crippen LogP contribution in [0, 0.1) is 5.82 Å². The Morgan fingerprint density at radius 2 is 2.13 bits per heavy atom. The first-order valence-corrected chi connectivity index (χ1v) is 11.2. The fourth-order valence-electron chi connectivity index (χ4n) is 3.27. The van der Waals surface area contributed by atoms with E-state index in [4.69, 9.17) is 10.5 Å². The number of aromatic nitrogens is 1. The Labute approximate surface area is 174 Å². The number of ether oxygens (including phenoxy) is 1. The van der Waals surface area contributed by atoms with Crippen molar-refractivity contribution in [3.8, 4) is 0 Å². The molecule has 12 heteroatoms. The Bertz CT molecular complexity index is 987. The van der Waals surface area contributed by atoms with Crippen LogP contribution in [0.5, 0.6) is 0 Å². The number of pyridine rings is 1. The maximum absolute atomic E-state index is 14.6. The van der Waals surface area contributed by atoms with E-state index in [2.05, 4.69) is 19.7 Å². The molecule has 3 N–H and O–H groups in total. The number of guanidine groups is 1. The number of nitrogens with zero attached hydrogens (tertiary/aromatic N) is 4. The molecule has 2 aliphatic rings. The van der Waals surface area contributed by atoms with Gasteiger partial charge in [-0.2, -0.15) is 0 Å². The number of alkyl carbamates (subject to hydrolysis) is 1. The average molecular weight is 445 g/mol. The summed E-state index contributed by atoms with van der Waals surface area (Å²) >= 11 is 0. The Morgan fingerprint density at radius 1 is 1.40 bits per heavy atom. The summed E-state index contributed by atoms with van der Waals surface area (Å²) in [5.74, 6) is -1.48. The molecule has 1 aromatic rings. The first-order valence-electron chi connectivity index (χ1n) is 9.55. The molecule has 1 aromatic heterocycles. The number of halogens is 2. The Balaban J connectivity index is 2.15. The first kappa shape index (κ1) is 22.2. The van der Waals surface area contributed by atoms with Gasteiger partial charge in [0.15, 0.2) is 5.54 Å². The fourth-order valence-corrected chi connectivity index (χ4v) is 5.75. The van der Waals surface area contributed by atoms with Gasteiger partial charge in [0.05, 0.1) is 12.3 Å². The quantitative estimate of drug-likeness (QED) is 0.725. The van der Waals surface area contributed by atoms with E-state index in [1.165, 1.54) is 10.4 Å². The molecule has 1 unspecified atom stereocenters. The number of carbonyl (C=O) groups is 1. The van der Waals surface area contributed by atoms with E-state index in [1.54, 1.807) is 20.8 Å². The minimum Gasteiger partial charge on any atom is -0.444 e. The zero-order valence-electron chi connectivity index (χ0n) is 17.2. The van der Waals surface area contributed by atoms with Gasteiger partial charge in [-0.1, -0.05) is 0 Å². The van der Waals surface area contributed by atoms with Crippen LogP contribution in [0.2, 0.25) is 0 Å². The van der Waals surface area contributed by atoms with Crippen molar-refractivity contribution in [2.45, 2.75) is 44.8 Å². The molecule has 30 heavy (non-hydrogen) atoms. The molecular formula is C18H26F2N6O3S. The molecule has 0 spiro atoms. The molecule has 1 amide bonds. The van der Waals surface area contributed by atoms with E-state index < -0.39 is 45.4 Å². The van der Waals surface area contributed by atoms with Gasteiger partial charge in [0.25, 0.3) is 0 Å². The van der Waals surface area contributed by atoms with Gasteiger partial charge in [-0.3, -0.25) is 9.62 Å². The monoisotopic (exact) mass is 444 g/mol. The van der Waals surface area contributed by atoms with Crippen molar-refractivity contribution in [2.75, 3.05) is 31.3 Å². The minimum atomic E-state index is -3.23. The number of aliphatic imine (C=N–C) groups is 1. The van der Waals surface area contributed by atoms with Crippen LogP contribution in [0.3, 0.4) is 0 Å². The fraction of sp³-hybridized carbons (Fsp3) is 0.611. The summed E-state index contributed by atoms with van der Waals surface area (Å²) in [5.41, 5.74) is 2.54. The molecule has 3 heterocycles. The van der Waals surface area contributed by atoms with Crippen LogP contribution >= 0.6 is 0 Å². The van der Waals surface area contributed by atoms with Crippen molar-refractivity contribution in [3.63, 3.8) is 0 Å². The third-order valence-electron chi connectivity index (χ3n) is 4.53. The van der Waals surface area contributed by atoms with Crippen molar-refractivity contribution in [3.05, 3.63) is 23.6 Å². The maximum Gasteiger partial charge on any atom is 0.414 e. The van der Waals surface area contributed by atoms with Crippen molar-refractivity contribution < 1.29 is 22.5 Å². The Morgan fingerprint density at radius 3 is 2.80 bits per heavy atom. The second kappa shape index (κ2) is 7.97. The van der Waals surface area contributed by atoms with Crippen LogP contribution in [0.25, 0.3) is 0 Å². The molecule has 166 valence electrons. The third-order valence-corrected chi connectivity index (χ3v) is 7.02. The van der Waals surface area contributed by atoms with E-state index in [1.807, 2.05) is 0 Å². The van der Waals surface area contributed by atoms with Crippen LogP contribution in [0.4, 0.5) is 19.4 Å². The molecular weight excluding hydrogens is 418 g/mol. The van der Waals surface area contributed by atoms with Crippen LogP contribution in [0.15, 0.2) is 21.5 Å². The highest BCUT2D eigenvalue weighted by Crippen LogP contribution is 2.36. The highest BCUT2D eigenvalue weighted by Gasteiger charge is 2.48. The molecule has 0 bridgehead atoms. The minimum absolute atomic E-state index is 0.0359. The number of nitrogens with two attached hydrogens (primary N) is 1. The van der Waals surface area contributed by atoms with Crippen LogP contribution in [-0.4, -0.2) is 56.7 Å². The topological polar surface area (TPSA) is 122 Å².